The third-order valence-electron chi connectivity index (χ3n) is 2.39. The predicted molar refractivity (Wildman–Crippen MR) is 55.0 cm³/mol. The summed E-state index contributed by atoms with van der Waals surface area (Å²) in [7, 11) is 0. The van der Waals surface area contributed by atoms with Gasteiger partial charge in [0, 0.05) is 0 Å². The van der Waals surface area contributed by atoms with Crippen LogP contribution in [-0.2, 0) is 11.3 Å². The molecule has 1 aliphatic rings. The summed E-state index contributed by atoms with van der Waals surface area (Å²) in [6.45, 7) is 3.46. The summed E-state index contributed by atoms with van der Waals surface area (Å²) in [6, 6.07) is 6.31. The van der Waals surface area contributed by atoms with Crippen molar-refractivity contribution in [2.24, 2.45) is 5.73 Å². The van der Waals surface area contributed by atoms with E-state index in [4.69, 9.17) is 10.5 Å². The average molecular weight is 200 g/mol. The van der Waals surface area contributed by atoms with Crippen LogP contribution < -0.4 is 5.73 Å². The van der Waals surface area contributed by atoms with Crippen LogP contribution in [0.15, 0.2) is 18.2 Å². The van der Waals surface area contributed by atoms with Crippen molar-refractivity contribution in [1.29, 1.82) is 0 Å². The number of ether oxygens (including phenoxy) is 1. The summed E-state index contributed by atoms with van der Waals surface area (Å²) in [5, 5.41) is 0. The summed E-state index contributed by atoms with van der Waals surface area (Å²) in [5.74, 6) is 0. The zero-order chi connectivity index (χ0) is 8.55. The lowest BCUT2D eigenvalue weighted by molar-refractivity contribution is 0.0919. The van der Waals surface area contributed by atoms with Gasteiger partial charge in [0.1, 0.15) is 0 Å². The quantitative estimate of drug-likeness (QED) is 0.693. The predicted octanol–water partition coefficient (Wildman–Crippen LogP) is 1.95. The second-order valence-corrected chi connectivity index (χ2v) is 3.26. The molecule has 2 rings (SSSR count). The Bertz CT molecular complexity index is 301. The van der Waals surface area contributed by atoms with Crippen LogP contribution in [0.1, 0.15) is 22.7 Å². The highest BCUT2D eigenvalue weighted by atomic mass is 35.5. The van der Waals surface area contributed by atoms with Gasteiger partial charge in [0.05, 0.1) is 19.3 Å². The summed E-state index contributed by atoms with van der Waals surface area (Å²) < 4.78 is 5.36. The number of nitrogens with two attached hydrogens (primary N) is 1. The molecule has 1 heterocycles. The number of hydrogen-bond acceptors (Lipinski definition) is 2. The molecule has 0 fully saturated rings. The fraction of sp³-hybridized carbons (Fsp3) is 0.400. The molecule has 0 aliphatic carbocycles. The number of fused-ring (bicyclic) bond motifs is 1. The maximum Gasteiger partial charge on any atom is 0.0723 e. The molecule has 0 radical (unpaired) electrons. The molecule has 0 bridgehead atoms. The highest BCUT2D eigenvalue weighted by molar-refractivity contribution is 5.85. The fourth-order valence-electron chi connectivity index (χ4n) is 1.65. The second-order valence-electron chi connectivity index (χ2n) is 3.26. The zero-order valence-electron chi connectivity index (χ0n) is 7.62. The molecular formula is C10H14ClNO. The van der Waals surface area contributed by atoms with Crippen molar-refractivity contribution < 1.29 is 4.74 Å². The fourth-order valence-corrected chi connectivity index (χ4v) is 1.65. The second kappa shape index (κ2) is 4.09. The van der Waals surface area contributed by atoms with Gasteiger partial charge < -0.3 is 10.5 Å². The molecule has 1 atom stereocenters. The van der Waals surface area contributed by atoms with E-state index in [-0.39, 0.29) is 18.4 Å². The third-order valence-corrected chi connectivity index (χ3v) is 2.39. The van der Waals surface area contributed by atoms with Crippen LogP contribution >= 0.6 is 12.4 Å². The summed E-state index contributed by atoms with van der Waals surface area (Å²) >= 11 is 0. The molecule has 0 saturated heterocycles. The Morgan fingerprint density at radius 1 is 1.46 bits per heavy atom. The number of hydrogen-bond donors (Lipinski definition) is 1. The minimum absolute atomic E-state index is 0. The first-order valence-corrected chi connectivity index (χ1v) is 4.21. The van der Waals surface area contributed by atoms with Gasteiger partial charge in [0.25, 0.3) is 0 Å². The minimum Gasteiger partial charge on any atom is -0.375 e. The lowest BCUT2D eigenvalue weighted by Crippen LogP contribution is -2.24. The van der Waals surface area contributed by atoms with Gasteiger partial charge >= 0.3 is 0 Å². The number of aryl methyl sites for hydroxylation is 1. The Labute approximate surface area is 84.5 Å². The van der Waals surface area contributed by atoms with E-state index < -0.39 is 0 Å². The normalized spacial score (nSPS) is 20.3. The smallest absolute Gasteiger partial charge is 0.0723 e. The molecule has 1 aromatic carbocycles. The van der Waals surface area contributed by atoms with Crippen molar-refractivity contribution in [3.05, 3.63) is 34.9 Å². The topological polar surface area (TPSA) is 35.2 Å². The summed E-state index contributed by atoms with van der Waals surface area (Å²) in [5.41, 5.74) is 9.70. The monoisotopic (exact) mass is 199 g/mol. The molecule has 0 aromatic heterocycles. The summed E-state index contributed by atoms with van der Waals surface area (Å²) in [6.07, 6.45) is 0. The van der Waals surface area contributed by atoms with Gasteiger partial charge in [0.15, 0.2) is 0 Å². The highest BCUT2D eigenvalue weighted by Gasteiger charge is 2.17. The van der Waals surface area contributed by atoms with Crippen molar-refractivity contribution in [3.63, 3.8) is 0 Å². The van der Waals surface area contributed by atoms with Crippen molar-refractivity contribution in [2.45, 2.75) is 19.6 Å². The largest absolute Gasteiger partial charge is 0.375 e. The molecule has 1 aromatic rings. The Balaban J connectivity index is 0.000000845. The van der Waals surface area contributed by atoms with Gasteiger partial charge in [0.2, 0.25) is 0 Å². The van der Waals surface area contributed by atoms with Crippen molar-refractivity contribution in [3.8, 4) is 0 Å². The number of halogens is 1. The van der Waals surface area contributed by atoms with Gasteiger partial charge in [-0.3, -0.25) is 0 Å². The van der Waals surface area contributed by atoms with Crippen LogP contribution in [0.25, 0.3) is 0 Å². The lowest BCUT2D eigenvalue weighted by Gasteiger charge is -2.23. The van der Waals surface area contributed by atoms with Crippen LogP contribution in [-0.4, -0.2) is 6.61 Å². The molecule has 1 unspecified atom stereocenters. The van der Waals surface area contributed by atoms with Gasteiger partial charge in [-0.2, -0.15) is 0 Å². The van der Waals surface area contributed by atoms with Gasteiger partial charge in [-0.15, -0.1) is 12.4 Å². The molecule has 2 nitrogen and oxygen atoms in total. The van der Waals surface area contributed by atoms with E-state index in [0.717, 1.165) is 6.61 Å². The van der Waals surface area contributed by atoms with E-state index in [1.165, 1.54) is 16.7 Å². The molecule has 2 N–H and O–H groups in total. The maximum absolute atomic E-state index is 5.89. The zero-order valence-corrected chi connectivity index (χ0v) is 8.43. The van der Waals surface area contributed by atoms with E-state index in [2.05, 4.69) is 25.1 Å². The van der Waals surface area contributed by atoms with Crippen LogP contribution in [0.4, 0.5) is 0 Å². The van der Waals surface area contributed by atoms with Crippen LogP contribution in [0.3, 0.4) is 0 Å². The molecular weight excluding hydrogens is 186 g/mol. The van der Waals surface area contributed by atoms with Gasteiger partial charge in [-0.25, -0.2) is 0 Å². The van der Waals surface area contributed by atoms with E-state index in [9.17, 15) is 0 Å². The molecule has 13 heavy (non-hydrogen) atoms. The first kappa shape index (κ1) is 10.5. The number of rotatable bonds is 0. The Hall–Kier alpha value is -0.570. The molecule has 72 valence electrons. The van der Waals surface area contributed by atoms with Gasteiger partial charge in [-0.05, 0) is 23.6 Å². The van der Waals surface area contributed by atoms with Crippen molar-refractivity contribution in [1.82, 2.24) is 0 Å². The summed E-state index contributed by atoms with van der Waals surface area (Å²) in [4.78, 5) is 0. The van der Waals surface area contributed by atoms with Gasteiger partial charge in [-0.1, -0.05) is 18.2 Å². The van der Waals surface area contributed by atoms with Crippen LogP contribution in [0, 0.1) is 6.92 Å². The highest BCUT2D eigenvalue weighted by Crippen LogP contribution is 2.25. The van der Waals surface area contributed by atoms with Crippen molar-refractivity contribution >= 4 is 12.4 Å². The third kappa shape index (κ3) is 1.85. The first-order valence-electron chi connectivity index (χ1n) is 4.21. The molecule has 0 saturated carbocycles. The Kier molecular flexibility index (Phi) is 3.31. The van der Waals surface area contributed by atoms with Crippen molar-refractivity contribution in [2.75, 3.05) is 6.61 Å². The van der Waals surface area contributed by atoms with Crippen LogP contribution in [0.2, 0.25) is 0 Å². The minimum atomic E-state index is 0. The van der Waals surface area contributed by atoms with E-state index in [0.29, 0.717) is 6.61 Å². The first-order chi connectivity index (χ1) is 5.79. The molecule has 3 heteroatoms. The Morgan fingerprint density at radius 3 is 2.92 bits per heavy atom. The van der Waals surface area contributed by atoms with E-state index >= 15 is 0 Å². The Morgan fingerprint density at radius 2 is 2.23 bits per heavy atom. The lowest BCUT2D eigenvalue weighted by atomic mass is 9.96. The molecule has 0 spiro atoms. The standard InChI is InChI=1S/C10H13NO.ClH/c1-7-3-2-4-8-9(7)5-12-6-10(8)11;/h2-4,10H,5-6,11H2,1H3;1H. The number of benzene rings is 1. The van der Waals surface area contributed by atoms with E-state index in [1.807, 2.05) is 0 Å². The average Bonchev–Trinajstić information content (AvgIpc) is 2.07. The molecule has 1 aliphatic heterocycles. The maximum atomic E-state index is 5.89. The SMILES string of the molecule is Cc1cccc2c1COCC2N.Cl. The molecule has 0 amide bonds. The van der Waals surface area contributed by atoms with E-state index in [1.54, 1.807) is 0 Å². The van der Waals surface area contributed by atoms with Crippen LogP contribution in [0.5, 0.6) is 0 Å².